The molecule has 3 aromatic heterocycles. The number of hydrogen-bond donors (Lipinski definition) is 2. The van der Waals surface area contributed by atoms with Crippen LogP contribution >= 0.6 is 0 Å². The van der Waals surface area contributed by atoms with E-state index >= 15 is 4.39 Å². The maximum absolute atomic E-state index is 16.2. The van der Waals surface area contributed by atoms with Gasteiger partial charge in [0, 0.05) is 54.6 Å². The highest BCUT2D eigenvalue weighted by atomic mass is 19.1. The first kappa shape index (κ1) is 26.7. The molecule has 2 saturated heterocycles. The van der Waals surface area contributed by atoms with Gasteiger partial charge < -0.3 is 19.8 Å². The number of halogens is 1. The summed E-state index contributed by atoms with van der Waals surface area (Å²) in [6, 6.07) is 6.94. The van der Waals surface area contributed by atoms with Gasteiger partial charge in [0.25, 0.3) is 5.56 Å². The molecule has 2 N–H and O–H groups in total. The van der Waals surface area contributed by atoms with Gasteiger partial charge >= 0.3 is 6.09 Å². The molecule has 6 rings (SSSR count). The molecule has 2 aliphatic rings. The molecule has 0 saturated carbocycles. The number of rotatable bonds is 4. The molecular formula is C29H31FN8O3. The Bertz CT molecular complexity index is 1790. The van der Waals surface area contributed by atoms with Gasteiger partial charge in [-0.15, -0.1) is 0 Å². The van der Waals surface area contributed by atoms with Crippen LogP contribution in [0.3, 0.4) is 0 Å². The highest BCUT2D eigenvalue weighted by Gasteiger charge is 2.33. The number of carboxylic acid groups (broad SMARTS) is 1. The van der Waals surface area contributed by atoms with Crippen LogP contribution in [-0.4, -0.2) is 86.1 Å². The third-order valence-corrected chi connectivity index (χ3v) is 8.59. The second kappa shape index (κ2) is 10.2. The maximum Gasteiger partial charge on any atom is 0.407 e. The lowest BCUT2D eigenvalue weighted by Gasteiger charge is -2.41. The number of hydrogen-bond acceptors (Lipinski definition) is 7. The van der Waals surface area contributed by atoms with Gasteiger partial charge in [-0.25, -0.2) is 14.2 Å². The number of H-pyrrole nitrogens is 1. The molecule has 11 nitrogen and oxygen atoms in total. The largest absolute Gasteiger partial charge is 0.465 e. The Balaban J connectivity index is 1.63. The molecule has 0 radical (unpaired) electrons. The third kappa shape index (κ3) is 4.37. The molecule has 2 atom stereocenters. The van der Waals surface area contributed by atoms with E-state index in [0.717, 1.165) is 30.5 Å². The summed E-state index contributed by atoms with van der Waals surface area (Å²) in [4.78, 5) is 35.9. The second-order valence-corrected chi connectivity index (χ2v) is 11.1. The first-order valence-electron chi connectivity index (χ1n) is 13.7. The Morgan fingerprint density at radius 1 is 1.27 bits per heavy atom. The van der Waals surface area contributed by atoms with Crippen molar-refractivity contribution < 1.29 is 14.3 Å². The summed E-state index contributed by atoms with van der Waals surface area (Å²) >= 11 is 0. The predicted octanol–water partition coefficient (Wildman–Crippen LogP) is 3.54. The SMILES string of the molecule is Cc1ccc2[nH]ncc2c1-c1nc2c(cc1F)c(N1CCN(C(=O)O)C[C@@H]1C)c(C#N)c(=O)n2C[C@@H]1CCCN1C. The van der Waals surface area contributed by atoms with Gasteiger partial charge in [0.2, 0.25) is 0 Å². The summed E-state index contributed by atoms with van der Waals surface area (Å²) in [7, 11) is 2.01. The van der Waals surface area contributed by atoms with Crippen LogP contribution in [0.25, 0.3) is 33.2 Å². The van der Waals surface area contributed by atoms with Gasteiger partial charge in [0.15, 0.2) is 0 Å². The molecule has 2 fully saturated rings. The molecular weight excluding hydrogens is 527 g/mol. The number of nitrogens with zero attached hydrogens (tertiary/aromatic N) is 7. The average Bonchev–Trinajstić information content (AvgIpc) is 3.59. The molecule has 2 aliphatic heterocycles. The van der Waals surface area contributed by atoms with E-state index < -0.39 is 17.5 Å². The molecule has 1 amide bonds. The number of nitrogens with one attached hydrogen (secondary N) is 1. The number of carbonyl (C=O) groups is 1. The quantitative estimate of drug-likeness (QED) is 0.389. The fourth-order valence-electron chi connectivity index (χ4n) is 6.40. The molecule has 212 valence electrons. The van der Waals surface area contributed by atoms with Crippen LogP contribution in [0.15, 0.2) is 29.2 Å². The molecule has 1 aromatic carbocycles. The van der Waals surface area contributed by atoms with Gasteiger partial charge in [0.1, 0.15) is 28.8 Å². The molecule has 5 heterocycles. The minimum atomic E-state index is -1.03. The molecule has 41 heavy (non-hydrogen) atoms. The summed E-state index contributed by atoms with van der Waals surface area (Å²) in [6.45, 7) is 5.56. The number of aromatic nitrogens is 4. The van der Waals surface area contributed by atoms with Crippen molar-refractivity contribution in [1.29, 1.82) is 5.26 Å². The van der Waals surface area contributed by atoms with Crippen molar-refractivity contribution in [1.82, 2.24) is 29.5 Å². The van der Waals surface area contributed by atoms with E-state index in [0.29, 0.717) is 34.2 Å². The van der Waals surface area contributed by atoms with Crippen molar-refractivity contribution in [3.8, 4) is 17.3 Å². The van der Waals surface area contributed by atoms with Crippen LogP contribution in [0.1, 0.15) is 30.9 Å². The Kier molecular flexibility index (Phi) is 6.62. The van der Waals surface area contributed by atoms with Crippen molar-refractivity contribution in [2.75, 3.05) is 38.1 Å². The normalized spacial score (nSPS) is 19.8. The summed E-state index contributed by atoms with van der Waals surface area (Å²) in [6.07, 6.45) is 2.50. The molecule has 0 spiro atoms. The number of aromatic amines is 1. The monoisotopic (exact) mass is 558 g/mol. The Hall–Kier alpha value is -4.50. The first-order chi connectivity index (χ1) is 19.7. The van der Waals surface area contributed by atoms with E-state index in [1.165, 1.54) is 15.5 Å². The average molecular weight is 559 g/mol. The highest BCUT2D eigenvalue weighted by molar-refractivity contribution is 5.99. The third-order valence-electron chi connectivity index (χ3n) is 8.59. The summed E-state index contributed by atoms with van der Waals surface area (Å²) < 4.78 is 17.7. The number of benzene rings is 1. The lowest BCUT2D eigenvalue weighted by Crippen LogP contribution is -2.54. The number of nitriles is 1. The zero-order valence-electron chi connectivity index (χ0n) is 23.2. The number of aryl methyl sites for hydroxylation is 1. The van der Waals surface area contributed by atoms with Gasteiger partial charge in [0.05, 0.1) is 17.4 Å². The lowest BCUT2D eigenvalue weighted by atomic mass is 9.99. The van der Waals surface area contributed by atoms with Gasteiger partial charge in [-0.2, -0.15) is 10.4 Å². The number of pyridine rings is 2. The standard InChI is InChI=1S/C29H31FN8O3/c1-16-6-7-23-21(13-32-34-23)24(16)25-22(30)11-19-26(37-10-9-36(29(40)41)14-17(37)2)20(12-31)28(39)38(27(19)33-25)15-18-5-4-8-35(18)3/h6-7,11,13,17-18H,4-5,8-10,14-15H2,1-3H3,(H,32,34)(H,40,41)/t17-,18-/m0/s1. The van der Waals surface area contributed by atoms with E-state index in [1.807, 2.05) is 37.9 Å². The van der Waals surface area contributed by atoms with Crippen LogP contribution in [0.5, 0.6) is 0 Å². The van der Waals surface area contributed by atoms with E-state index in [1.54, 1.807) is 6.20 Å². The van der Waals surface area contributed by atoms with Gasteiger partial charge in [-0.05, 0) is 58.0 Å². The first-order valence-corrected chi connectivity index (χ1v) is 13.7. The van der Waals surface area contributed by atoms with Crippen molar-refractivity contribution in [3.05, 3.63) is 51.7 Å². The molecule has 0 aliphatic carbocycles. The number of anilines is 1. The van der Waals surface area contributed by atoms with E-state index in [2.05, 4.69) is 21.2 Å². The fourth-order valence-corrected chi connectivity index (χ4v) is 6.40. The topological polar surface area (TPSA) is 134 Å². The minimum absolute atomic E-state index is 0.0701. The van der Waals surface area contributed by atoms with Crippen LogP contribution < -0.4 is 10.5 Å². The number of likely N-dealkylation sites (tertiary alicyclic amines) is 1. The minimum Gasteiger partial charge on any atom is -0.465 e. The van der Waals surface area contributed by atoms with Crippen molar-refractivity contribution >= 4 is 33.7 Å². The highest BCUT2D eigenvalue weighted by Crippen LogP contribution is 2.37. The maximum atomic E-state index is 16.2. The van der Waals surface area contributed by atoms with Gasteiger partial charge in [-0.1, -0.05) is 6.07 Å². The van der Waals surface area contributed by atoms with E-state index in [4.69, 9.17) is 4.98 Å². The Labute approximate surface area is 235 Å². The smallest absolute Gasteiger partial charge is 0.407 e. The van der Waals surface area contributed by atoms with E-state index in [9.17, 15) is 20.0 Å². The summed E-state index contributed by atoms with van der Waals surface area (Å²) in [5, 5.41) is 27.9. The number of amides is 1. The van der Waals surface area contributed by atoms with E-state index in [-0.39, 0.29) is 43.0 Å². The van der Waals surface area contributed by atoms with Crippen LogP contribution in [0.2, 0.25) is 0 Å². The fraction of sp³-hybridized carbons (Fsp3) is 0.414. The second-order valence-electron chi connectivity index (χ2n) is 11.1. The Morgan fingerprint density at radius 2 is 2.07 bits per heavy atom. The van der Waals surface area contributed by atoms with Crippen LogP contribution in [0.4, 0.5) is 14.9 Å². The Morgan fingerprint density at radius 3 is 2.76 bits per heavy atom. The van der Waals surface area contributed by atoms with Crippen molar-refractivity contribution in [2.45, 2.75) is 45.3 Å². The van der Waals surface area contributed by atoms with Gasteiger partial charge in [-0.3, -0.25) is 14.5 Å². The number of piperazine rings is 1. The summed E-state index contributed by atoms with van der Waals surface area (Å²) in [5.74, 6) is -0.584. The molecule has 4 aromatic rings. The van der Waals surface area contributed by atoms with Crippen molar-refractivity contribution in [2.24, 2.45) is 0 Å². The molecule has 0 bridgehead atoms. The van der Waals surface area contributed by atoms with Crippen LogP contribution in [0, 0.1) is 24.1 Å². The van der Waals surface area contributed by atoms with Crippen molar-refractivity contribution in [3.63, 3.8) is 0 Å². The number of fused-ring (bicyclic) bond motifs is 2. The molecule has 12 heteroatoms. The molecule has 0 unspecified atom stereocenters. The summed E-state index contributed by atoms with van der Waals surface area (Å²) in [5.41, 5.74) is 2.27. The zero-order valence-corrected chi connectivity index (χ0v) is 23.2. The van der Waals surface area contributed by atoms with Crippen LogP contribution in [-0.2, 0) is 6.54 Å². The lowest BCUT2D eigenvalue weighted by molar-refractivity contribution is 0.136. The zero-order chi connectivity index (χ0) is 29.0. The number of likely N-dealkylation sites (N-methyl/N-ethyl adjacent to an activating group) is 1. The predicted molar refractivity (Wildman–Crippen MR) is 153 cm³/mol.